The maximum Gasteiger partial charge on any atom is 0.0465 e. The maximum atomic E-state index is 2.41. The summed E-state index contributed by atoms with van der Waals surface area (Å²) in [7, 11) is 0. The number of hydrogen-bond donors (Lipinski definition) is 0. The average molecular weight is 825 g/mol. The van der Waals surface area contributed by atoms with Crippen molar-refractivity contribution in [3.8, 4) is 44.5 Å². The Kier molecular flexibility index (Phi) is 9.33. The molecule has 0 aromatic heterocycles. The first-order valence-corrected chi connectivity index (χ1v) is 22.6. The van der Waals surface area contributed by atoms with Gasteiger partial charge in [-0.25, -0.2) is 0 Å². The molecule has 0 bridgehead atoms. The Morgan fingerprint density at radius 1 is 0.266 bits per heavy atom. The molecular weight excluding hydrogens is 773 g/mol. The van der Waals surface area contributed by atoms with E-state index in [1.807, 2.05) is 0 Å². The third kappa shape index (κ3) is 6.56. The molecule has 11 rings (SSSR count). The SMILES string of the molecule is Cc1ccc(N(c2ccc(-c3ccc(-c4ccc(N(c5cccc(C)c5)c5ccc6c(c5)C(C)(C)c5ccccc5-6)cc4)cc3)cc2)c2ccc3c(c2)C(C)(C)c2ccccc2-3)cc1. The van der Waals surface area contributed by atoms with Crippen LogP contribution in [0.2, 0.25) is 0 Å². The van der Waals surface area contributed by atoms with Crippen molar-refractivity contribution in [2.24, 2.45) is 0 Å². The van der Waals surface area contributed by atoms with Crippen LogP contribution in [0.15, 0.2) is 206 Å². The monoisotopic (exact) mass is 824 g/mol. The first-order valence-electron chi connectivity index (χ1n) is 22.6. The van der Waals surface area contributed by atoms with E-state index in [1.54, 1.807) is 0 Å². The van der Waals surface area contributed by atoms with Crippen LogP contribution in [0.1, 0.15) is 61.1 Å². The van der Waals surface area contributed by atoms with Gasteiger partial charge in [0.15, 0.2) is 0 Å². The topological polar surface area (TPSA) is 6.48 Å². The molecule has 310 valence electrons. The van der Waals surface area contributed by atoms with Crippen LogP contribution in [0.5, 0.6) is 0 Å². The van der Waals surface area contributed by atoms with Gasteiger partial charge in [-0.05, 0) is 159 Å². The van der Waals surface area contributed by atoms with Gasteiger partial charge < -0.3 is 9.80 Å². The van der Waals surface area contributed by atoms with Gasteiger partial charge in [0.05, 0.1) is 0 Å². The Hall–Kier alpha value is -7.42. The summed E-state index contributed by atoms with van der Waals surface area (Å²) in [4.78, 5) is 4.78. The number of anilines is 6. The van der Waals surface area contributed by atoms with E-state index in [0.717, 1.165) is 34.1 Å². The van der Waals surface area contributed by atoms with Gasteiger partial charge in [-0.3, -0.25) is 0 Å². The molecule has 0 atom stereocenters. The third-order valence-electron chi connectivity index (χ3n) is 14.0. The molecule has 9 aromatic rings. The van der Waals surface area contributed by atoms with Gasteiger partial charge in [-0.15, -0.1) is 0 Å². The zero-order valence-corrected chi connectivity index (χ0v) is 37.5. The molecule has 0 saturated carbocycles. The molecule has 0 aliphatic heterocycles. The maximum absolute atomic E-state index is 2.41. The predicted molar refractivity (Wildman–Crippen MR) is 271 cm³/mol. The van der Waals surface area contributed by atoms with E-state index in [9.17, 15) is 0 Å². The van der Waals surface area contributed by atoms with E-state index in [-0.39, 0.29) is 10.8 Å². The van der Waals surface area contributed by atoms with Crippen LogP contribution in [-0.4, -0.2) is 0 Å². The quantitative estimate of drug-likeness (QED) is 0.151. The summed E-state index contributed by atoms with van der Waals surface area (Å²) < 4.78 is 0. The van der Waals surface area contributed by atoms with Crippen molar-refractivity contribution in [3.05, 3.63) is 240 Å². The van der Waals surface area contributed by atoms with E-state index in [0.29, 0.717) is 0 Å². The van der Waals surface area contributed by atoms with Crippen LogP contribution in [0.4, 0.5) is 34.1 Å². The van der Waals surface area contributed by atoms with Crippen LogP contribution in [0.3, 0.4) is 0 Å². The number of nitrogens with zero attached hydrogens (tertiary/aromatic N) is 2. The molecule has 0 heterocycles. The highest BCUT2D eigenvalue weighted by atomic mass is 15.1. The minimum Gasteiger partial charge on any atom is -0.310 e. The van der Waals surface area contributed by atoms with Crippen LogP contribution >= 0.6 is 0 Å². The Labute approximate surface area is 378 Å². The van der Waals surface area contributed by atoms with Crippen LogP contribution in [0.25, 0.3) is 44.5 Å². The van der Waals surface area contributed by atoms with Crippen LogP contribution in [0, 0.1) is 13.8 Å². The van der Waals surface area contributed by atoms with Crippen molar-refractivity contribution < 1.29 is 0 Å². The van der Waals surface area contributed by atoms with Crippen LogP contribution in [-0.2, 0) is 10.8 Å². The van der Waals surface area contributed by atoms with E-state index >= 15 is 0 Å². The fourth-order valence-corrected chi connectivity index (χ4v) is 10.5. The van der Waals surface area contributed by atoms with Crippen LogP contribution < -0.4 is 9.80 Å². The molecule has 2 nitrogen and oxygen atoms in total. The summed E-state index contributed by atoms with van der Waals surface area (Å²) in [6.45, 7) is 13.7. The summed E-state index contributed by atoms with van der Waals surface area (Å²) in [5.74, 6) is 0. The minimum absolute atomic E-state index is 0.0746. The van der Waals surface area contributed by atoms with Gasteiger partial charge >= 0.3 is 0 Å². The number of rotatable bonds is 8. The summed E-state index contributed by atoms with van der Waals surface area (Å²) in [5, 5.41) is 0. The third-order valence-corrected chi connectivity index (χ3v) is 14.0. The lowest BCUT2D eigenvalue weighted by Crippen LogP contribution is -2.16. The molecule has 0 amide bonds. The lowest BCUT2D eigenvalue weighted by molar-refractivity contribution is 0.660. The molecule has 0 N–H and O–H groups in total. The molecule has 9 aromatic carbocycles. The van der Waals surface area contributed by atoms with Gasteiger partial charge in [0.25, 0.3) is 0 Å². The Balaban J connectivity index is 0.875. The molecule has 0 unspecified atom stereocenters. The molecule has 2 heteroatoms. The number of aryl methyl sites for hydroxylation is 2. The van der Waals surface area contributed by atoms with Gasteiger partial charge in [0.2, 0.25) is 0 Å². The molecule has 0 spiro atoms. The summed E-state index contributed by atoms with van der Waals surface area (Å²) in [5.41, 5.74) is 24.9. The van der Waals surface area contributed by atoms with E-state index in [2.05, 4.69) is 258 Å². The zero-order valence-electron chi connectivity index (χ0n) is 37.5. The summed E-state index contributed by atoms with van der Waals surface area (Å²) in [6, 6.07) is 76.5. The highest BCUT2D eigenvalue weighted by Crippen LogP contribution is 2.52. The van der Waals surface area contributed by atoms with Gasteiger partial charge in [0, 0.05) is 45.0 Å². The van der Waals surface area contributed by atoms with Gasteiger partial charge in [-0.1, -0.05) is 167 Å². The number of fused-ring (bicyclic) bond motifs is 6. The average Bonchev–Trinajstić information content (AvgIpc) is 3.69. The van der Waals surface area contributed by atoms with Gasteiger partial charge in [-0.2, -0.15) is 0 Å². The Bertz CT molecular complexity index is 3210. The lowest BCUT2D eigenvalue weighted by atomic mass is 9.82. The largest absolute Gasteiger partial charge is 0.310 e. The van der Waals surface area contributed by atoms with Crippen molar-refractivity contribution in [2.75, 3.05) is 9.80 Å². The molecular formula is C62H52N2. The summed E-state index contributed by atoms with van der Waals surface area (Å²) >= 11 is 0. The van der Waals surface area contributed by atoms with Gasteiger partial charge in [0.1, 0.15) is 0 Å². The Morgan fingerprint density at radius 2 is 0.609 bits per heavy atom. The molecule has 2 aliphatic rings. The Morgan fingerprint density at radius 3 is 1.05 bits per heavy atom. The first kappa shape index (κ1) is 39.4. The smallest absolute Gasteiger partial charge is 0.0465 e. The number of benzene rings is 9. The van der Waals surface area contributed by atoms with Crippen molar-refractivity contribution in [1.29, 1.82) is 0 Å². The molecule has 64 heavy (non-hydrogen) atoms. The second kappa shape index (κ2) is 15.1. The standard InChI is InChI=1S/C62H52N2/c1-41-18-28-47(29-19-41)63(51-34-36-55-53-14-7-9-16-57(53)61(3,4)59(55)39-51)48-30-24-45(25-31-48)43-20-22-44(23-21-43)46-26-32-49(33-27-46)64(50-13-11-12-42(2)38-50)52-35-37-56-54-15-8-10-17-58(54)62(5,6)60(56)40-52/h7-40H,1-6H3. The fourth-order valence-electron chi connectivity index (χ4n) is 10.5. The summed E-state index contributed by atoms with van der Waals surface area (Å²) in [6.07, 6.45) is 0. The highest BCUT2D eigenvalue weighted by Gasteiger charge is 2.37. The number of hydrogen-bond acceptors (Lipinski definition) is 2. The lowest BCUT2D eigenvalue weighted by Gasteiger charge is -2.28. The molecule has 2 aliphatic carbocycles. The van der Waals surface area contributed by atoms with E-state index in [4.69, 9.17) is 0 Å². The van der Waals surface area contributed by atoms with E-state index < -0.39 is 0 Å². The second-order valence-electron chi connectivity index (χ2n) is 18.8. The first-order chi connectivity index (χ1) is 31.0. The van der Waals surface area contributed by atoms with Crippen molar-refractivity contribution in [1.82, 2.24) is 0 Å². The fraction of sp³-hybridized carbons (Fsp3) is 0.129. The zero-order chi connectivity index (χ0) is 43.7. The molecule has 0 fully saturated rings. The second-order valence-corrected chi connectivity index (χ2v) is 18.8. The normalized spacial score (nSPS) is 13.7. The van der Waals surface area contributed by atoms with E-state index in [1.165, 1.54) is 77.9 Å². The van der Waals surface area contributed by atoms with Crippen molar-refractivity contribution in [3.63, 3.8) is 0 Å². The van der Waals surface area contributed by atoms with Crippen molar-refractivity contribution >= 4 is 34.1 Å². The molecule has 0 saturated heterocycles. The van der Waals surface area contributed by atoms with Crippen molar-refractivity contribution in [2.45, 2.75) is 52.4 Å². The minimum atomic E-state index is -0.0752. The highest BCUT2D eigenvalue weighted by molar-refractivity contribution is 5.88. The molecule has 0 radical (unpaired) electrons. The predicted octanol–water partition coefficient (Wildman–Crippen LogP) is 17.2.